The maximum atomic E-state index is 13.5. The Bertz CT molecular complexity index is 1350. The lowest BCUT2D eigenvalue weighted by Crippen LogP contribution is -2.23. The van der Waals surface area contributed by atoms with E-state index in [1.807, 2.05) is 30.3 Å². The number of para-hydroxylation sites is 2. The van der Waals surface area contributed by atoms with Gasteiger partial charge in [-0.1, -0.05) is 66.7 Å². The highest BCUT2D eigenvalue weighted by molar-refractivity contribution is 6.24. The van der Waals surface area contributed by atoms with Crippen molar-refractivity contribution in [2.75, 3.05) is 11.1 Å². The van der Waals surface area contributed by atoms with Gasteiger partial charge in [0, 0.05) is 17.7 Å². The van der Waals surface area contributed by atoms with Crippen LogP contribution in [0.3, 0.4) is 0 Å². The molecule has 0 aliphatic rings. The summed E-state index contributed by atoms with van der Waals surface area (Å²) in [6.45, 7) is 0.361. The summed E-state index contributed by atoms with van der Waals surface area (Å²) < 4.78 is 13.5. The van der Waals surface area contributed by atoms with Crippen molar-refractivity contribution in [2.45, 2.75) is 6.54 Å². The third-order valence-corrected chi connectivity index (χ3v) is 5.39. The molecule has 0 atom stereocenters. The summed E-state index contributed by atoms with van der Waals surface area (Å²) in [7, 11) is 0. The predicted octanol–water partition coefficient (Wildman–Crippen LogP) is 5.52. The van der Waals surface area contributed by atoms with Crippen molar-refractivity contribution in [1.82, 2.24) is 5.32 Å². The number of anilines is 2. The molecule has 0 saturated heterocycles. The molecule has 0 spiro atoms. The molecule has 0 bridgehead atoms. The molecule has 0 heterocycles. The van der Waals surface area contributed by atoms with Crippen molar-refractivity contribution in [1.29, 1.82) is 0 Å². The number of halogens is 1. The molecule has 5 nitrogen and oxygen atoms in total. The molecular formula is C29H24FN3O2. The number of hydrogen-bond donors (Lipinski definition) is 3. The third kappa shape index (κ3) is 6.21. The van der Waals surface area contributed by atoms with Gasteiger partial charge in [0.2, 0.25) is 0 Å². The minimum Gasteiger partial charge on any atom is -0.397 e. The Labute approximate surface area is 203 Å². The molecule has 4 aromatic carbocycles. The van der Waals surface area contributed by atoms with E-state index in [-0.39, 0.29) is 17.6 Å². The van der Waals surface area contributed by atoms with Crippen LogP contribution in [0.5, 0.6) is 0 Å². The van der Waals surface area contributed by atoms with Crippen molar-refractivity contribution in [3.63, 3.8) is 0 Å². The fourth-order valence-corrected chi connectivity index (χ4v) is 3.49. The fourth-order valence-electron chi connectivity index (χ4n) is 3.49. The number of nitrogens with one attached hydrogen (secondary N) is 2. The summed E-state index contributed by atoms with van der Waals surface area (Å²) in [5.74, 6) is -0.966. The van der Waals surface area contributed by atoms with Crippen LogP contribution in [0.2, 0.25) is 0 Å². The van der Waals surface area contributed by atoms with Crippen LogP contribution in [-0.2, 0) is 11.3 Å². The van der Waals surface area contributed by atoms with Crippen molar-refractivity contribution in [2.24, 2.45) is 0 Å². The maximum absolute atomic E-state index is 13.5. The van der Waals surface area contributed by atoms with Crippen LogP contribution in [0, 0.1) is 5.82 Å². The average molecular weight is 466 g/mol. The predicted molar refractivity (Wildman–Crippen MR) is 138 cm³/mol. The quantitative estimate of drug-likeness (QED) is 0.191. The zero-order chi connectivity index (χ0) is 24.6. The van der Waals surface area contributed by atoms with E-state index in [2.05, 4.69) is 10.6 Å². The van der Waals surface area contributed by atoms with E-state index in [1.54, 1.807) is 66.7 Å². The Morgan fingerprint density at radius 1 is 0.771 bits per heavy atom. The van der Waals surface area contributed by atoms with Gasteiger partial charge in [-0.15, -0.1) is 0 Å². The average Bonchev–Trinajstić information content (AvgIpc) is 2.89. The third-order valence-electron chi connectivity index (χ3n) is 5.39. The van der Waals surface area contributed by atoms with Gasteiger partial charge >= 0.3 is 0 Å². The minimum absolute atomic E-state index is 0.290. The second kappa shape index (κ2) is 10.9. The van der Waals surface area contributed by atoms with E-state index >= 15 is 0 Å². The largest absolute Gasteiger partial charge is 0.397 e. The Hall–Kier alpha value is -4.71. The highest BCUT2D eigenvalue weighted by atomic mass is 19.1. The minimum atomic E-state index is -0.382. The number of carbonyl (C=O) groups excluding carboxylic acids is 2. The van der Waals surface area contributed by atoms with E-state index < -0.39 is 0 Å². The lowest BCUT2D eigenvalue weighted by Gasteiger charge is -2.11. The van der Waals surface area contributed by atoms with Gasteiger partial charge in [-0.25, -0.2) is 4.39 Å². The molecule has 2 amide bonds. The highest BCUT2D eigenvalue weighted by Gasteiger charge is 2.13. The van der Waals surface area contributed by atoms with Crippen LogP contribution in [0.15, 0.2) is 103 Å². The summed E-state index contributed by atoms with van der Waals surface area (Å²) in [5, 5.41) is 5.71. The molecule has 4 rings (SSSR count). The molecule has 35 heavy (non-hydrogen) atoms. The fraction of sp³-hybridized carbons (Fsp3) is 0.0345. The summed E-state index contributed by atoms with van der Waals surface area (Å²) in [5.41, 5.74) is 10.0. The molecule has 0 fully saturated rings. The zero-order valence-corrected chi connectivity index (χ0v) is 18.9. The lowest BCUT2D eigenvalue weighted by molar-refractivity contribution is -0.115. The van der Waals surface area contributed by atoms with Gasteiger partial charge in [0.1, 0.15) is 5.82 Å². The Morgan fingerprint density at radius 2 is 1.40 bits per heavy atom. The number of carbonyl (C=O) groups is 2. The molecule has 174 valence electrons. The van der Waals surface area contributed by atoms with Crippen molar-refractivity contribution in [3.05, 3.63) is 131 Å². The summed E-state index contributed by atoms with van der Waals surface area (Å²) >= 11 is 0. The van der Waals surface area contributed by atoms with Crippen LogP contribution >= 0.6 is 0 Å². The summed E-state index contributed by atoms with van der Waals surface area (Å²) in [6.07, 6.45) is 1.71. The van der Waals surface area contributed by atoms with Gasteiger partial charge in [0.15, 0.2) is 0 Å². The number of nitrogens with two attached hydrogens (primary N) is 1. The molecule has 0 aliphatic carbocycles. The van der Waals surface area contributed by atoms with Crippen LogP contribution in [0.25, 0.3) is 11.6 Å². The summed E-state index contributed by atoms with van der Waals surface area (Å²) in [6, 6.07) is 29.2. The van der Waals surface area contributed by atoms with E-state index in [1.165, 1.54) is 12.1 Å². The van der Waals surface area contributed by atoms with Gasteiger partial charge < -0.3 is 16.4 Å². The smallest absolute Gasteiger partial charge is 0.255 e. The molecule has 6 heteroatoms. The molecule has 0 saturated carbocycles. The SMILES string of the molecule is Nc1ccccc1NC(=O)c1ccc(C=C(C(=O)NCc2ccccc2)c2ccc(F)cc2)cc1. The zero-order valence-electron chi connectivity index (χ0n) is 18.9. The van der Waals surface area contributed by atoms with Crippen LogP contribution in [0.1, 0.15) is 27.0 Å². The second-order valence-electron chi connectivity index (χ2n) is 7.90. The number of hydrogen-bond acceptors (Lipinski definition) is 3. The summed E-state index contributed by atoms with van der Waals surface area (Å²) in [4.78, 5) is 25.7. The van der Waals surface area contributed by atoms with Crippen molar-refractivity contribution >= 4 is 34.8 Å². The van der Waals surface area contributed by atoms with E-state index in [0.717, 1.165) is 11.1 Å². The molecule has 0 aliphatic heterocycles. The van der Waals surface area contributed by atoms with Gasteiger partial charge in [-0.05, 0) is 59.2 Å². The number of nitrogen functional groups attached to an aromatic ring is 1. The van der Waals surface area contributed by atoms with Crippen molar-refractivity contribution in [3.8, 4) is 0 Å². The topological polar surface area (TPSA) is 84.2 Å². The Morgan fingerprint density at radius 3 is 2.09 bits per heavy atom. The lowest BCUT2D eigenvalue weighted by atomic mass is 10.0. The second-order valence-corrected chi connectivity index (χ2v) is 7.90. The van der Waals surface area contributed by atoms with Crippen LogP contribution in [-0.4, -0.2) is 11.8 Å². The van der Waals surface area contributed by atoms with Crippen molar-refractivity contribution < 1.29 is 14.0 Å². The van der Waals surface area contributed by atoms with Gasteiger partial charge in [-0.2, -0.15) is 0 Å². The van der Waals surface area contributed by atoms with Crippen LogP contribution in [0.4, 0.5) is 15.8 Å². The first-order valence-electron chi connectivity index (χ1n) is 11.1. The first-order chi connectivity index (χ1) is 17.0. The Kier molecular flexibility index (Phi) is 7.33. The number of benzene rings is 4. The molecular weight excluding hydrogens is 441 g/mol. The van der Waals surface area contributed by atoms with Gasteiger partial charge in [0.25, 0.3) is 11.8 Å². The molecule has 0 radical (unpaired) electrons. The molecule has 4 aromatic rings. The van der Waals surface area contributed by atoms with Gasteiger partial charge in [0.05, 0.1) is 11.4 Å². The number of rotatable bonds is 7. The molecule has 4 N–H and O–H groups in total. The van der Waals surface area contributed by atoms with Gasteiger partial charge in [-0.3, -0.25) is 9.59 Å². The maximum Gasteiger partial charge on any atom is 0.255 e. The monoisotopic (exact) mass is 465 g/mol. The van der Waals surface area contributed by atoms with Crippen LogP contribution < -0.4 is 16.4 Å². The van der Waals surface area contributed by atoms with E-state index in [4.69, 9.17) is 5.73 Å². The first-order valence-corrected chi connectivity index (χ1v) is 11.1. The normalized spacial score (nSPS) is 11.1. The standard InChI is InChI=1S/C29H24FN3O2/c30-24-16-14-22(15-17-24)25(29(35)32-19-21-6-2-1-3-7-21)18-20-10-12-23(13-11-20)28(34)33-27-9-5-4-8-26(27)31/h1-18H,19,31H2,(H,32,35)(H,33,34). The Balaban J connectivity index is 1.55. The highest BCUT2D eigenvalue weighted by Crippen LogP contribution is 2.21. The van der Waals surface area contributed by atoms with E-state index in [9.17, 15) is 14.0 Å². The number of amides is 2. The molecule has 0 unspecified atom stereocenters. The first kappa shape index (κ1) is 23.4. The molecule has 0 aromatic heterocycles. The van der Waals surface area contributed by atoms with E-state index in [0.29, 0.717) is 34.6 Å².